The second kappa shape index (κ2) is 6.44. The Balaban J connectivity index is 1.59. The van der Waals surface area contributed by atoms with Crippen LogP contribution in [0, 0.1) is 5.92 Å². The Hall–Kier alpha value is -1.94. The highest BCUT2D eigenvalue weighted by Crippen LogP contribution is 2.47. The van der Waals surface area contributed by atoms with Gasteiger partial charge in [-0.15, -0.1) is 11.8 Å². The van der Waals surface area contributed by atoms with Crippen LogP contribution in [0.15, 0.2) is 51.8 Å². The SMILES string of the molecule is CSc1cccc(NC(=O)/C=C/c2ccc([C@H]3C[C@@H]3C)o2)c1. The van der Waals surface area contributed by atoms with Crippen LogP contribution in [0.1, 0.15) is 30.8 Å². The molecule has 1 aromatic carbocycles. The maximum Gasteiger partial charge on any atom is 0.248 e. The molecule has 1 amide bonds. The first-order valence-electron chi connectivity index (χ1n) is 7.38. The third kappa shape index (κ3) is 3.63. The van der Waals surface area contributed by atoms with E-state index in [2.05, 4.69) is 12.2 Å². The van der Waals surface area contributed by atoms with E-state index in [0.717, 1.165) is 28.0 Å². The fourth-order valence-corrected chi connectivity index (χ4v) is 2.88. The van der Waals surface area contributed by atoms with E-state index < -0.39 is 0 Å². The van der Waals surface area contributed by atoms with E-state index in [0.29, 0.717) is 5.92 Å². The topological polar surface area (TPSA) is 42.2 Å². The Morgan fingerprint density at radius 1 is 1.36 bits per heavy atom. The summed E-state index contributed by atoms with van der Waals surface area (Å²) in [5, 5.41) is 2.86. The first-order chi connectivity index (χ1) is 10.7. The number of amides is 1. The number of rotatable bonds is 5. The van der Waals surface area contributed by atoms with Gasteiger partial charge >= 0.3 is 0 Å². The Kier molecular flexibility index (Phi) is 4.39. The maximum absolute atomic E-state index is 11.9. The largest absolute Gasteiger partial charge is 0.461 e. The van der Waals surface area contributed by atoms with Gasteiger partial charge in [-0.1, -0.05) is 13.0 Å². The summed E-state index contributed by atoms with van der Waals surface area (Å²) < 4.78 is 5.74. The number of anilines is 1. The van der Waals surface area contributed by atoms with Crippen LogP contribution >= 0.6 is 11.8 Å². The van der Waals surface area contributed by atoms with Crippen molar-refractivity contribution in [3.63, 3.8) is 0 Å². The normalized spacial score (nSPS) is 20.3. The molecule has 0 spiro atoms. The highest BCUT2D eigenvalue weighted by molar-refractivity contribution is 7.98. The van der Waals surface area contributed by atoms with Crippen LogP contribution in [0.3, 0.4) is 0 Å². The van der Waals surface area contributed by atoms with Gasteiger partial charge < -0.3 is 9.73 Å². The third-order valence-electron chi connectivity index (χ3n) is 3.86. The average molecular weight is 313 g/mol. The molecule has 22 heavy (non-hydrogen) atoms. The summed E-state index contributed by atoms with van der Waals surface area (Å²) in [4.78, 5) is 13.1. The molecule has 1 aliphatic rings. The monoisotopic (exact) mass is 313 g/mol. The van der Waals surface area contributed by atoms with E-state index in [-0.39, 0.29) is 5.91 Å². The van der Waals surface area contributed by atoms with Crippen molar-refractivity contribution in [3.8, 4) is 0 Å². The minimum atomic E-state index is -0.156. The number of hydrogen-bond donors (Lipinski definition) is 1. The molecule has 1 heterocycles. The van der Waals surface area contributed by atoms with Crippen LogP contribution < -0.4 is 5.32 Å². The van der Waals surface area contributed by atoms with E-state index in [1.165, 1.54) is 12.5 Å². The number of benzene rings is 1. The van der Waals surface area contributed by atoms with Crippen molar-refractivity contribution in [3.05, 3.63) is 54.0 Å². The second-order valence-corrected chi connectivity index (χ2v) is 6.49. The van der Waals surface area contributed by atoms with Crippen molar-refractivity contribution in [2.75, 3.05) is 11.6 Å². The quantitative estimate of drug-likeness (QED) is 0.638. The molecular formula is C18H19NO2S. The number of furan rings is 1. The van der Waals surface area contributed by atoms with Gasteiger partial charge in [-0.2, -0.15) is 0 Å². The Morgan fingerprint density at radius 3 is 2.91 bits per heavy atom. The Labute approximate surface area is 134 Å². The van der Waals surface area contributed by atoms with E-state index >= 15 is 0 Å². The smallest absolute Gasteiger partial charge is 0.248 e. The molecule has 0 unspecified atom stereocenters. The summed E-state index contributed by atoms with van der Waals surface area (Å²) in [6, 6.07) is 11.7. The number of nitrogens with one attached hydrogen (secondary N) is 1. The zero-order valence-electron chi connectivity index (χ0n) is 12.7. The highest BCUT2D eigenvalue weighted by Gasteiger charge is 2.36. The van der Waals surface area contributed by atoms with Crippen LogP contribution in [-0.2, 0) is 4.79 Å². The van der Waals surface area contributed by atoms with Gasteiger partial charge in [0.2, 0.25) is 5.91 Å². The molecule has 0 aliphatic heterocycles. The molecule has 1 fully saturated rings. The predicted molar refractivity (Wildman–Crippen MR) is 91.1 cm³/mol. The minimum Gasteiger partial charge on any atom is -0.461 e. The summed E-state index contributed by atoms with van der Waals surface area (Å²) in [5.74, 6) is 2.87. The lowest BCUT2D eigenvalue weighted by Crippen LogP contribution is -2.07. The van der Waals surface area contributed by atoms with Crippen molar-refractivity contribution in [2.45, 2.75) is 24.2 Å². The number of carbonyl (C=O) groups is 1. The summed E-state index contributed by atoms with van der Waals surface area (Å²) in [7, 11) is 0. The van der Waals surface area contributed by atoms with Gasteiger partial charge in [0.25, 0.3) is 0 Å². The molecule has 0 saturated heterocycles. The van der Waals surface area contributed by atoms with Crippen LogP contribution in [-0.4, -0.2) is 12.2 Å². The molecular weight excluding hydrogens is 294 g/mol. The van der Waals surface area contributed by atoms with Crippen LogP contribution in [0.25, 0.3) is 6.08 Å². The summed E-state index contributed by atoms with van der Waals surface area (Å²) in [5.41, 5.74) is 0.799. The molecule has 114 valence electrons. The van der Waals surface area contributed by atoms with Crippen molar-refractivity contribution in [1.29, 1.82) is 0 Å². The lowest BCUT2D eigenvalue weighted by molar-refractivity contribution is -0.111. The molecule has 3 rings (SSSR count). The number of thioether (sulfide) groups is 1. The van der Waals surface area contributed by atoms with Crippen LogP contribution in [0.2, 0.25) is 0 Å². The van der Waals surface area contributed by atoms with E-state index in [4.69, 9.17) is 4.42 Å². The molecule has 0 radical (unpaired) electrons. The van der Waals surface area contributed by atoms with Crippen molar-refractivity contribution < 1.29 is 9.21 Å². The molecule has 3 nitrogen and oxygen atoms in total. The third-order valence-corrected chi connectivity index (χ3v) is 4.58. The lowest BCUT2D eigenvalue weighted by atomic mass is 10.3. The van der Waals surface area contributed by atoms with Gasteiger partial charge in [0, 0.05) is 22.6 Å². The molecule has 1 aliphatic carbocycles. The van der Waals surface area contributed by atoms with E-state index in [1.807, 2.05) is 42.7 Å². The molecule has 2 aromatic rings. The van der Waals surface area contributed by atoms with Gasteiger partial charge in [-0.25, -0.2) is 0 Å². The van der Waals surface area contributed by atoms with Crippen molar-refractivity contribution in [2.24, 2.45) is 5.92 Å². The molecule has 1 N–H and O–H groups in total. The first kappa shape index (κ1) is 15.0. The maximum atomic E-state index is 11.9. The van der Waals surface area contributed by atoms with E-state index in [9.17, 15) is 4.79 Å². The first-order valence-corrected chi connectivity index (χ1v) is 8.61. The summed E-state index contributed by atoms with van der Waals surface area (Å²) >= 11 is 1.65. The number of hydrogen-bond acceptors (Lipinski definition) is 3. The summed E-state index contributed by atoms with van der Waals surface area (Å²) in [6.07, 6.45) is 6.42. The van der Waals surface area contributed by atoms with Crippen LogP contribution in [0.5, 0.6) is 0 Å². The molecule has 2 atom stereocenters. The van der Waals surface area contributed by atoms with Gasteiger partial charge in [0.1, 0.15) is 11.5 Å². The van der Waals surface area contributed by atoms with Gasteiger partial charge in [0.15, 0.2) is 0 Å². The predicted octanol–water partition coefficient (Wildman–Crippen LogP) is 4.78. The summed E-state index contributed by atoms with van der Waals surface area (Å²) in [6.45, 7) is 2.22. The zero-order valence-corrected chi connectivity index (χ0v) is 13.5. The Morgan fingerprint density at radius 2 is 2.18 bits per heavy atom. The highest BCUT2D eigenvalue weighted by atomic mass is 32.2. The molecule has 0 bridgehead atoms. The fourth-order valence-electron chi connectivity index (χ4n) is 2.42. The molecule has 4 heteroatoms. The van der Waals surface area contributed by atoms with E-state index in [1.54, 1.807) is 17.8 Å². The van der Waals surface area contributed by atoms with Crippen molar-refractivity contribution in [1.82, 2.24) is 0 Å². The minimum absolute atomic E-state index is 0.156. The second-order valence-electron chi connectivity index (χ2n) is 5.61. The van der Waals surface area contributed by atoms with Gasteiger partial charge in [-0.05, 0) is 55.0 Å². The molecule has 1 saturated carbocycles. The standard InChI is InChI=1S/C18H19NO2S/c1-12-10-16(12)17-8-6-14(21-17)7-9-18(20)19-13-4-3-5-15(11-13)22-2/h3-9,11-12,16H,10H2,1-2H3,(H,19,20)/b9-7+/t12-,16-/m0/s1. The van der Waals surface area contributed by atoms with Crippen LogP contribution in [0.4, 0.5) is 5.69 Å². The number of carbonyl (C=O) groups excluding carboxylic acids is 1. The molecule has 1 aromatic heterocycles. The van der Waals surface area contributed by atoms with Gasteiger partial charge in [0.05, 0.1) is 0 Å². The Bertz CT molecular complexity index is 705. The average Bonchev–Trinajstić information content (AvgIpc) is 3.07. The zero-order chi connectivity index (χ0) is 15.5. The van der Waals surface area contributed by atoms with Crippen molar-refractivity contribution >= 4 is 29.4 Å². The van der Waals surface area contributed by atoms with Gasteiger partial charge in [-0.3, -0.25) is 4.79 Å². The fraction of sp³-hybridized carbons (Fsp3) is 0.278. The lowest BCUT2D eigenvalue weighted by Gasteiger charge is -2.03.